The second-order valence-electron chi connectivity index (χ2n) is 8.51. The Kier molecular flexibility index (Phi) is 9.08. The highest BCUT2D eigenvalue weighted by molar-refractivity contribution is 7.89. The summed E-state index contributed by atoms with van der Waals surface area (Å²) in [6.45, 7) is 0.886. The molecule has 1 aromatic carbocycles. The second kappa shape index (κ2) is 11.8. The molecule has 1 aliphatic rings. The first-order valence-electron chi connectivity index (χ1n) is 11.3. The van der Waals surface area contributed by atoms with E-state index in [2.05, 4.69) is 25.3 Å². The fourth-order valence-corrected chi connectivity index (χ4v) is 4.88. The molecule has 0 aliphatic heterocycles. The van der Waals surface area contributed by atoms with Crippen molar-refractivity contribution in [1.29, 1.82) is 0 Å². The lowest BCUT2D eigenvalue weighted by Crippen LogP contribution is -2.37. The number of aromatic nitrogens is 2. The third-order valence-corrected chi connectivity index (χ3v) is 7.00. The molecule has 1 aromatic heterocycles. The summed E-state index contributed by atoms with van der Waals surface area (Å²) in [6.07, 6.45) is -1.68. The van der Waals surface area contributed by atoms with Crippen LogP contribution in [0.1, 0.15) is 44.1 Å². The minimum atomic E-state index is -4.37. The van der Waals surface area contributed by atoms with Gasteiger partial charge in [-0.1, -0.05) is 0 Å². The lowest BCUT2D eigenvalue weighted by atomic mass is 10.0. The van der Waals surface area contributed by atoms with Crippen LogP contribution < -0.4 is 15.4 Å². The molecule has 0 saturated heterocycles. The number of hydrogen-bond acceptors (Lipinski definition) is 8. The Bertz CT molecular complexity index is 1110. The predicted octanol–water partition coefficient (Wildman–Crippen LogP) is 3.19. The molecule has 0 unspecified atom stereocenters. The number of aliphatic hydroxyl groups excluding tert-OH is 1. The summed E-state index contributed by atoms with van der Waals surface area (Å²) in [6, 6.07) is 4.87. The number of alkyl carbamates (subject to hydrolysis) is 1. The van der Waals surface area contributed by atoms with E-state index < -0.39 is 40.9 Å². The van der Waals surface area contributed by atoms with Crippen LogP contribution in [0.3, 0.4) is 0 Å². The van der Waals surface area contributed by atoms with Gasteiger partial charge in [0.2, 0.25) is 16.0 Å². The average Bonchev–Trinajstić information content (AvgIpc) is 3.25. The summed E-state index contributed by atoms with van der Waals surface area (Å²) < 4.78 is 68.9. The van der Waals surface area contributed by atoms with Crippen molar-refractivity contribution in [3.63, 3.8) is 0 Å². The van der Waals surface area contributed by atoms with Crippen LogP contribution in [0.4, 0.5) is 29.6 Å². The highest BCUT2D eigenvalue weighted by Gasteiger charge is 2.32. The van der Waals surface area contributed by atoms with Crippen molar-refractivity contribution < 1.29 is 36.2 Å². The zero-order chi connectivity index (χ0) is 26.3. The second-order valence-corrected chi connectivity index (χ2v) is 10.3. The number of hydrogen-bond donors (Lipinski definition) is 4. The minimum Gasteiger partial charge on any atom is -0.446 e. The van der Waals surface area contributed by atoms with Crippen LogP contribution in [0.5, 0.6) is 0 Å². The van der Waals surface area contributed by atoms with Crippen molar-refractivity contribution in [2.45, 2.75) is 61.7 Å². The molecule has 2 aromatic rings. The highest BCUT2D eigenvalue weighted by atomic mass is 32.2. The van der Waals surface area contributed by atoms with E-state index in [1.807, 2.05) is 0 Å². The van der Waals surface area contributed by atoms with Crippen molar-refractivity contribution in [1.82, 2.24) is 20.0 Å². The maximum atomic E-state index is 12.4. The van der Waals surface area contributed by atoms with Crippen molar-refractivity contribution in [3.8, 4) is 0 Å². The average molecular weight is 532 g/mol. The smallest absolute Gasteiger partial charge is 0.407 e. The van der Waals surface area contributed by atoms with Gasteiger partial charge in [0.05, 0.1) is 17.9 Å². The Labute approximate surface area is 206 Å². The number of sulfonamides is 1. The molecule has 3 rings (SSSR count). The van der Waals surface area contributed by atoms with Crippen LogP contribution in [0.25, 0.3) is 0 Å². The number of nitrogens with zero attached hydrogens (tertiary/aromatic N) is 2. The summed E-state index contributed by atoms with van der Waals surface area (Å²) >= 11 is 0. The molecular weight excluding hydrogens is 503 g/mol. The fourth-order valence-electron chi connectivity index (χ4n) is 3.86. The molecule has 4 N–H and O–H groups in total. The normalized spacial score (nSPS) is 19.0. The third kappa shape index (κ3) is 8.31. The molecule has 3 atom stereocenters. The van der Waals surface area contributed by atoms with Gasteiger partial charge in [0.1, 0.15) is 6.10 Å². The maximum Gasteiger partial charge on any atom is 0.407 e. The Morgan fingerprint density at radius 1 is 1.19 bits per heavy atom. The van der Waals surface area contributed by atoms with Gasteiger partial charge in [0.15, 0.2) is 0 Å². The van der Waals surface area contributed by atoms with Crippen LogP contribution in [0.2, 0.25) is 0 Å². The number of alkyl halides is 3. The van der Waals surface area contributed by atoms with E-state index in [9.17, 15) is 26.4 Å². The molecule has 10 nitrogen and oxygen atoms in total. The van der Waals surface area contributed by atoms with Gasteiger partial charge in [-0.3, -0.25) is 0 Å². The molecule has 1 fully saturated rings. The number of aliphatic hydroxyl groups is 1. The van der Waals surface area contributed by atoms with Crippen molar-refractivity contribution in [2.75, 3.05) is 18.5 Å². The monoisotopic (exact) mass is 531 g/mol. The summed E-state index contributed by atoms with van der Waals surface area (Å²) in [5, 5.41) is 14.0. The molecule has 1 saturated carbocycles. The van der Waals surface area contributed by atoms with Gasteiger partial charge in [-0.15, -0.1) is 0 Å². The molecule has 0 spiro atoms. The van der Waals surface area contributed by atoms with Crippen LogP contribution in [-0.4, -0.2) is 61.1 Å². The number of carbonyl (C=O) groups excluding carboxylic acids is 1. The molecule has 1 amide bonds. The van der Waals surface area contributed by atoms with Gasteiger partial charge in [0.25, 0.3) is 0 Å². The molecule has 1 aliphatic carbocycles. The molecule has 198 valence electrons. The quantitative estimate of drug-likeness (QED) is 0.366. The first kappa shape index (κ1) is 27.6. The molecule has 0 bridgehead atoms. The largest absolute Gasteiger partial charge is 0.446 e. The number of amides is 1. The maximum absolute atomic E-state index is 12.4. The van der Waals surface area contributed by atoms with Crippen LogP contribution in [0, 0.1) is 0 Å². The number of nitrogens with one attached hydrogen (secondary N) is 3. The summed E-state index contributed by atoms with van der Waals surface area (Å²) in [7, 11) is -3.70. The van der Waals surface area contributed by atoms with E-state index in [1.165, 1.54) is 19.1 Å². The first-order chi connectivity index (χ1) is 16.9. The molecule has 0 radical (unpaired) electrons. The van der Waals surface area contributed by atoms with Gasteiger partial charge in [0, 0.05) is 30.7 Å². The fraction of sp³-hybridized carbons (Fsp3) is 0.500. The number of benzene rings is 1. The molecule has 36 heavy (non-hydrogen) atoms. The summed E-state index contributed by atoms with van der Waals surface area (Å²) in [4.78, 5) is 20.5. The van der Waals surface area contributed by atoms with Crippen molar-refractivity contribution in [2.24, 2.45) is 0 Å². The number of ether oxygens (including phenoxy) is 1. The van der Waals surface area contributed by atoms with Gasteiger partial charge in [-0.2, -0.15) is 13.2 Å². The van der Waals surface area contributed by atoms with Crippen LogP contribution in [0.15, 0.2) is 41.6 Å². The van der Waals surface area contributed by atoms with Crippen molar-refractivity contribution in [3.05, 3.63) is 42.2 Å². The standard InChI is InChI=1S/C22H28F3N5O5S/c1-14(11-22(23,24)25)29-21(32)35-18-5-2-15(10-18)16-12-26-20(27-13-16)30-17-3-6-19(7-4-17)36(33,34)28-8-9-31/h3-4,6-7,12-15,18,28,31H,2,5,8-11H2,1H3,(H,29,32)(H,26,27,30)/t14-,15-,18-/m0/s1. The Morgan fingerprint density at radius 2 is 1.86 bits per heavy atom. The summed E-state index contributed by atoms with van der Waals surface area (Å²) in [5.41, 5.74) is 1.41. The van der Waals surface area contributed by atoms with Gasteiger partial charge < -0.3 is 20.5 Å². The Balaban J connectivity index is 1.49. The molecular formula is C22H28F3N5O5S. The highest BCUT2D eigenvalue weighted by Crippen LogP contribution is 2.35. The number of rotatable bonds is 10. The number of halogens is 3. The lowest BCUT2D eigenvalue weighted by molar-refractivity contribution is -0.138. The third-order valence-electron chi connectivity index (χ3n) is 5.53. The number of anilines is 2. The lowest BCUT2D eigenvalue weighted by Gasteiger charge is -2.18. The Morgan fingerprint density at radius 3 is 2.47 bits per heavy atom. The molecule has 14 heteroatoms. The van der Waals surface area contributed by atoms with Crippen molar-refractivity contribution >= 4 is 27.8 Å². The van der Waals surface area contributed by atoms with Gasteiger partial charge in [-0.25, -0.2) is 27.9 Å². The number of carbonyl (C=O) groups is 1. The zero-order valence-electron chi connectivity index (χ0n) is 19.5. The first-order valence-corrected chi connectivity index (χ1v) is 12.8. The molecule has 1 heterocycles. The minimum absolute atomic E-state index is 0.0420. The van der Waals surface area contributed by atoms with Crippen LogP contribution >= 0.6 is 0 Å². The predicted molar refractivity (Wildman–Crippen MR) is 124 cm³/mol. The van der Waals surface area contributed by atoms with E-state index in [0.29, 0.717) is 30.9 Å². The summed E-state index contributed by atoms with van der Waals surface area (Å²) in [5.74, 6) is 0.344. The van der Waals surface area contributed by atoms with Gasteiger partial charge in [-0.05, 0) is 61.9 Å². The van der Waals surface area contributed by atoms with E-state index in [4.69, 9.17) is 9.84 Å². The van der Waals surface area contributed by atoms with E-state index in [0.717, 1.165) is 5.56 Å². The van der Waals surface area contributed by atoms with E-state index in [-0.39, 0.29) is 24.0 Å². The Hall–Kier alpha value is -2.97. The topological polar surface area (TPSA) is 143 Å². The van der Waals surface area contributed by atoms with Gasteiger partial charge >= 0.3 is 12.3 Å². The van der Waals surface area contributed by atoms with E-state index in [1.54, 1.807) is 24.5 Å². The zero-order valence-corrected chi connectivity index (χ0v) is 20.3. The van der Waals surface area contributed by atoms with E-state index >= 15 is 0 Å². The van der Waals surface area contributed by atoms with Crippen LogP contribution in [-0.2, 0) is 14.8 Å². The SMILES string of the molecule is C[C@@H](CC(F)(F)F)NC(=O)O[C@H]1CC[C@H](c2cnc(Nc3ccc(S(=O)(=O)NCCO)cc3)nc2)C1.